The molecular formula is C16H24N2O. The second kappa shape index (κ2) is 6.71. The van der Waals surface area contributed by atoms with E-state index in [2.05, 4.69) is 5.32 Å². The lowest BCUT2D eigenvalue weighted by Gasteiger charge is -2.18. The van der Waals surface area contributed by atoms with Gasteiger partial charge in [0, 0.05) is 6.54 Å². The van der Waals surface area contributed by atoms with Gasteiger partial charge in [-0.15, -0.1) is 0 Å². The first-order valence-electron chi connectivity index (χ1n) is 7.22. The van der Waals surface area contributed by atoms with Crippen LogP contribution in [0, 0.1) is 18.8 Å². The van der Waals surface area contributed by atoms with Crippen LogP contribution in [-0.2, 0) is 11.2 Å². The van der Waals surface area contributed by atoms with Crippen LogP contribution in [0.15, 0.2) is 24.3 Å². The molecule has 1 amide bonds. The predicted octanol–water partition coefficient (Wildman–Crippen LogP) is 2.03. The van der Waals surface area contributed by atoms with Crippen molar-refractivity contribution in [2.24, 2.45) is 17.6 Å². The number of benzene rings is 1. The highest BCUT2D eigenvalue weighted by atomic mass is 16.1. The van der Waals surface area contributed by atoms with Gasteiger partial charge in [-0.1, -0.05) is 30.7 Å². The Hall–Kier alpha value is -1.35. The van der Waals surface area contributed by atoms with Crippen molar-refractivity contribution in [1.29, 1.82) is 0 Å². The highest BCUT2D eigenvalue weighted by molar-refractivity contribution is 5.78. The molecule has 2 unspecified atom stereocenters. The number of rotatable bonds is 5. The minimum Gasteiger partial charge on any atom is -0.356 e. The minimum atomic E-state index is 0.122. The maximum atomic E-state index is 12.0. The summed E-state index contributed by atoms with van der Waals surface area (Å²) in [6.45, 7) is 3.58. The van der Waals surface area contributed by atoms with Gasteiger partial charge in [0.1, 0.15) is 0 Å². The quantitative estimate of drug-likeness (QED) is 0.851. The first-order valence-corrected chi connectivity index (χ1v) is 7.22. The Morgan fingerprint density at radius 1 is 1.32 bits per heavy atom. The van der Waals surface area contributed by atoms with Crippen LogP contribution in [0.2, 0.25) is 0 Å². The van der Waals surface area contributed by atoms with E-state index in [9.17, 15) is 4.79 Å². The fourth-order valence-electron chi connectivity index (χ4n) is 2.98. The molecule has 1 saturated carbocycles. The average Bonchev–Trinajstić information content (AvgIpc) is 2.86. The van der Waals surface area contributed by atoms with Gasteiger partial charge in [0.05, 0.1) is 6.42 Å². The van der Waals surface area contributed by atoms with Crippen molar-refractivity contribution in [3.8, 4) is 0 Å². The Morgan fingerprint density at radius 3 is 2.79 bits per heavy atom. The zero-order valence-electron chi connectivity index (χ0n) is 11.7. The average molecular weight is 260 g/mol. The molecule has 1 fully saturated rings. The van der Waals surface area contributed by atoms with Crippen molar-refractivity contribution in [2.75, 3.05) is 13.1 Å². The summed E-state index contributed by atoms with van der Waals surface area (Å²) in [4.78, 5) is 12.0. The Bertz CT molecular complexity index is 431. The van der Waals surface area contributed by atoms with Crippen LogP contribution in [0.3, 0.4) is 0 Å². The van der Waals surface area contributed by atoms with E-state index >= 15 is 0 Å². The molecule has 0 saturated heterocycles. The third-order valence-corrected chi connectivity index (χ3v) is 4.29. The lowest BCUT2D eigenvalue weighted by molar-refractivity contribution is -0.120. The molecule has 0 radical (unpaired) electrons. The Kier molecular flexibility index (Phi) is 4.97. The largest absolute Gasteiger partial charge is 0.356 e. The maximum Gasteiger partial charge on any atom is 0.224 e. The van der Waals surface area contributed by atoms with Crippen LogP contribution in [-0.4, -0.2) is 19.0 Å². The summed E-state index contributed by atoms with van der Waals surface area (Å²) in [6.07, 6.45) is 4.15. The number of carbonyl (C=O) groups excluding carboxylic acids is 1. The molecule has 0 aliphatic heterocycles. The third-order valence-electron chi connectivity index (χ3n) is 4.29. The van der Waals surface area contributed by atoms with Gasteiger partial charge in [-0.25, -0.2) is 0 Å². The fourth-order valence-corrected chi connectivity index (χ4v) is 2.98. The summed E-state index contributed by atoms with van der Waals surface area (Å²) in [6, 6.07) is 8.05. The zero-order chi connectivity index (χ0) is 13.7. The molecule has 3 N–H and O–H groups in total. The van der Waals surface area contributed by atoms with Crippen LogP contribution in [0.5, 0.6) is 0 Å². The second-order valence-electron chi connectivity index (χ2n) is 5.59. The molecule has 2 rings (SSSR count). The van der Waals surface area contributed by atoms with Crippen molar-refractivity contribution in [2.45, 2.75) is 32.6 Å². The zero-order valence-corrected chi connectivity index (χ0v) is 11.7. The van der Waals surface area contributed by atoms with Gasteiger partial charge in [-0.3, -0.25) is 4.79 Å². The molecule has 0 spiro atoms. The smallest absolute Gasteiger partial charge is 0.224 e. The van der Waals surface area contributed by atoms with E-state index in [1.54, 1.807) is 0 Å². The van der Waals surface area contributed by atoms with Crippen LogP contribution in [0.4, 0.5) is 0 Å². The summed E-state index contributed by atoms with van der Waals surface area (Å²) < 4.78 is 0. The number of amides is 1. The summed E-state index contributed by atoms with van der Waals surface area (Å²) in [5, 5.41) is 3.07. The maximum absolute atomic E-state index is 12.0. The second-order valence-corrected chi connectivity index (χ2v) is 5.59. The van der Waals surface area contributed by atoms with Crippen LogP contribution < -0.4 is 11.1 Å². The topological polar surface area (TPSA) is 55.1 Å². The van der Waals surface area contributed by atoms with Gasteiger partial charge in [0.25, 0.3) is 0 Å². The number of hydrogen-bond acceptors (Lipinski definition) is 2. The lowest BCUT2D eigenvalue weighted by Crippen LogP contribution is -2.33. The van der Waals surface area contributed by atoms with Gasteiger partial charge in [-0.2, -0.15) is 0 Å². The van der Waals surface area contributed by atoms with Crippen LogP contribution >= 0.6 is 0 Å². The van der Waals surface area contributed by atoms with E-state index in [-0.39, 0.29) is 5.91 Å². The van der Waals surface area contributed by atoms with E-state index in [1.165, 1.54) is 24.8 Å². The lowest BCUT2D eigenvalue weighted by atomic mass is 9.96. The van der Waals surface area contributed by atoms with Crippen molar-refractivity contribution in [1.82, 2.24) is 5.32 Å². The molecular weight excluding hydrogens is 236 g/mol. The molecule has 1 aromatic carbocycles. The molecule has 0 aromatic heterocycles. The van der Waals surface area contributed by atoms with Gasteiger partial charge >= 0.3 is 0 Å². The van der Waals surface area contributed by atoms with Crippen LogP contribution in [0.1, 0.15) is 30.4 Å². The summed E-state index contributed by atoms with van der Waals surface area (Å²) in [7, 11) is 0. The molecule has 2 atom stereocenters. The number of nitrogens with two attached hydrogens (primary N) is 1. The molecule has 1 aliphatic rings. The molecule has 1 aliphatic carbocycles. The molecule has 19 heavy (non-hydrogen) atoms. The van der Waals surface area contributed by atoms with Gasteiger partial charge in [-0.05, 0) is 49.3 Å². The molecule has 0 bridgehead atoms. The summed E-state index contributed by atoms with van der Waals surface area (Å²) in [5.74, 6) is 1.29. The van der Waals surface area contributed by atoms with E-state index in [0.717, 1.165) is 18.7 Å². The Labute approximate surface area is 115 Å². The normalized spacial score (nSPS) is 22.4. The summed E-state index contributed by atoms with van der Waals surface area (Å²) >= 11 is 0. The van der Waals surface area contributed by atoms with E-state index in [0.29, 0.717) is 18.3 Å². The molecule has 0 heterocycles. The van der Waals surface area contributed by atoms with Gasteiger partial charge in [0.2, 0.25) is 5.91 Å². The highest BCUT2D eigenvalue weighted by Crippen LogP contribution is 2.30. The molecule has 1 aromatic rings. The monoisotopic (exact) mass is 260 g/mol. The third kappa shape index (κ3) is 3.80. The van der Waals surface area contributed by atoms with Crippen molar-refractivity contribution in [3.05, 3.63) is 35.4 Å². The first kappa shape index (κ1) is 14.1. The first-order chi connectivity index (χ1) is 9.20. The summed E-state index contributed by atoms with van der Waals surface area (Å²) in [5.41, 5.74) is 8.05. The number of nitrogens with one attached hydrogen (secondary N) is 1. The molecule has 3 heteroatoms. The number of hydrogen-bond donors (Lipinski definition) is 2. The van der Waals surface area contributed by atoms with E-state index in [1.807, 2.05) is 31.2 Å². The van der Waals surface area contributed by atoms with Gasteiger partial charge < -0.3 is 11.1 Å². The highest BCUT2D eigenvalue weighted by Gasteiger charge is 2.26. The van der Waals surface area contributed by atoms with Crippen molar-refractivity contribution in [3.63, 3.8) is 0 Å². The van der Waals surface area contributed by atoms with Crippen LogP contribution in [0.25, 0.3) is 0 Å². The predicted molar refractivity (Wildman–Crippen MR) is 77.8 cm³/mol. The minimum absolute atomic E-state index is 0.122. The SMILES string of the molecule is Cc1ccccc1CC(=O)NCC1CCCC1CN. The van der Waals surface area contributed by atoms with Gasteiger partial charge in [0.15, 0.2) is 0 Å². The number of aryl methyl sites for hydroxylation is 1. The standard InChI is InChI=1S/C16H24N2O/c1-12-5-2-3-6-13(12)9-16(19)18-11-15-8-4-7-14(15)10-17/h2-3,5-6,14-15H,4,7-11,17H2,1H3,(H,18,19). The van der Waals surface area contributed by atoms with Crippen molar-refractivity contribution < 1.29 is 4.79 Å². The Balaban J connectivity index is 1.80. The van der Waals surface area contributed by atoms with E-state index < -0.39 is 0 Å². The molecule has 104 valence electrons. The fraction of sp³-hybridized carbons (Fsp3) is 0.562. The van der Waals surface area contributed by atoms with E-state index in [4.69, 9.17) is 5.73 Å². The molecule has 3 nitrogen and oxygen atoms in total. The number of carbonyl (C=O) groups is 1. The Morgan fingerprint density at radius 2 is 2.05 bits per heavy atom. The van der Waals surface area contributed by atoms with Crippen molar-refractivity contribution >= 4 is 5.91 Å².